The molecule has 19 heavy (non-hydrogen) atoms. The number of hydrogen-bond acceptors (Lipinski definition) is 3. The summed E-state index contributed by atoms with van der Waals surface area (Å²) in [6.45, 7) is 8.44. The maximum Gasteiger partial charge on any atom is 0.0592 e. The summed E-state index contributed by atoms with van der Waals surface area (Å²) in [6.07, 6.45) is 4.03. The fourth-order valence-electron chi connectivity index (χ4n) is 2.63. The third kappa shape index (κ3) is 4.13. The van der Waals surface area contributed by atoms with Crippen molar-refractivity contribution in [3.05, 3.63) is 24.3 Å². The summed E-state index contributed by atoms with van der Waals surface area (Å²) in [5.41, 5.74) is 2.50. The van der Waals surface area contributed by atoms with Crippen LogP contribution in [0.25, 0.3) is 0 Å². The number of nitrogens with one attached hydrogen (secondary N) is 1. The lowest BCUT2D eigenvalue weighted by Gasteiger charge is -2.21. The molecular formula is C16H26N2O. The molecule has 0 saturated carbocycles. The normalized spacial score (nSPS) is 18.5. The molecule has 1 unspecified atom stereocenters. The predicted molar refractivity (Wildman–Crippen MR) is 82.1 cm³/mol. The van der Waals surface area contributed by atoms with Crippen LogP contribution in [0.4, 0.5) is 11.4 Å². The highest BCUT2D eigenvalue weighted by Gasteiger charge is 2.14. The lowest BCUT2D eigenvalue weighted by Crippen LogP contribution is -2.21. The molecule has 3 heteroatoms. The number of ether oxygens (including phenoxy) is 1. The van der Waals surface area contributed by atoms with Crippen LogP contribution in [0.1, 0.15) is 33.1 Å². The lowest BCUT2D eigenvalue weighted by molar-refractivity contribution is 0.107. The fourth-order valence-corrected chi connectivity index (χ4v) is 2.63. The molecule has 1 aromatic carbocycles. The largest absolute Gasteiger partial charge is 0.385 e. The van der Waals surface area contributed by atoms with Gasteiger partial charge in [0.2, 0.25) is 0 Å². The average molecular weight is 262 g/mol. The van der Waals surface area contributed by atoms with E-state index in [4.69, 9.17) is 4.74 Å². The van der Waals surface area contributed by atoms with E-state index in [1.54, 1.807) is 0 Å². The molecule has 1 aliphatic heterocycles. The summed E-state index contributed by atoms with van der Waals surface area (Å²) in [7, 11) is 0. The van der Waals surface area contributed by atoms with Gasteiger partial charge in [-0.05, 0) is 57.4 Å². The smallest absolute Gasteiger partial charge is 0.0592 e. The Balaban J connectivity index is 1.77. The molecule has 2 rings (SSSR count). The number of benzene rings is 1. The molecule has 1 fully saturated rings. The highest BCUT2D eigenvalue weighted by Crippen LogP contribution is 2.19. The van der Waals surface area contributed by atoms with Gasteiger partial charge in [0.15, 0.2) is 0 Å². The fraction of sp³-hybridized carbons (Fsp3) is 0.625. The Morgan fingerprint density at radius 1 is 1.21 bits per heavy atom. The number of nitrogens with zero attached hydrogens (tertiary/aromatic N) is 1. The van der Waals surface area contributed by atoms with Crippen molar-refractivity contribution in [1.82, 2.24) is 0 Å². The van der Waals surface area contributed by atoms with E-state index in [0.29, 0.717) is 6.10 Å². The van der Waals surface area contributed by atoms with Gasteiger partial charge in [0.05, 0.1) is 6.10 Å². The Labute approximate surface area is 116 Å². The van der Waals surface area contributed by atoms with E-state index in [9.17, 15) is 0 Å². The second-order valence-electron chi connectivity index (χ2n) is 5.07. The van der Waals surface area contributed by atoms with Crippen LogP contribution < -0.4 is 10.2 Å². The average Bonchev–Trinajstić information content (AvgIpc) is 2.95. The molecule has 0 aliphatic carbocycles. The first-order valence-corrected chi connectivity index (χ1v) is 7.54. The highest BCUT2D eigenvalue weighted by molar-refractivity contribution is 5.55. The molecule has 1 atom stereocenters. The van der Waals surface area contributed by atoms with Crippen LogP contribution in [0, 0.1) is 0 Å². The Hall–Kier alpha value is -1.22. The minimum Gasteiger partial charge on any atom is -0.385 e. The standard InChI is InChI=1S/C16H26N2O/c1-3-18(4-2)15-9-7-14(8-10-15)17-12-11-16-6-5-13-19-16/h7-10,16-17H,3-6,11-13H2,1-2H3. The van der Waals surface area contributed by atoms with Crippen LogP contribution >= 0.6 is 0 Å². The maximum atomic E-state index is 5.62. The zero-order valence-corrected chi connectivity index (χ0v) is 12.2. The predicted octanol–water partition coefficient (Wildman–Crippen LogP) is 3.51. The summed E-state index contributed by atoms with van der Waals surface area (Å²) in [6, 6.07) is 8.73. The molecular weight excluding hydrogens is 236 g/mol. The minimum absolute atomic E-state index is 0.474. The second-order valence-corrected chi connectivity index (χ2v) is 5.07. The van der Waals surface area contributed by atoms with E-state index in [1.165, 1.54) is 24.2 Å². The van der Waals surface area contributed by atoms with Gasteiger partial charge in [0, 0.05) is 37.6 Å². The van der Waals surface area contributed by atoms with Crippen LogP contribution in [-0.2, 0) is 4.74 Å². The zero-order chi connectivity index (χ0) is 13.5. The van der Waals surface area contributed by atoms with Crippen molar-refractivity contribution in [2.24, 2.45) is 0 Å². The van der Waals surface area contributed by atoms with E-state index in [2.05, 4.69) is 48.3 Å². The molecule has 1 aromatic rings. The Morgan fingerprint density at radius 3 is 2.53 bits per heavy atom. The summed E-state index contributed by atoms with van der Waals surface area (Å²) < 4.78 is 5.62. The van der Waals surface area contributed by atoms with Crippen molar-refractivity contribution >= 4 is 11.4 Å². The highest BCUT2D eigenvalue weighted by atomic mass is 16.5. The second kappa shape index (κ2) is 7.39. The van der Waals surface area contributed by atoms with E-state index in [1.807, 2.05) is 0 Å². The quantitative estimate of drug-likeness (QED) is 0.813. The molecule has 0 bridgehead atoms. The van der Waals surface area contributed by atoms with Gasteiger partial charge in [-0.25, -0.2) is 0 Å². The third-order valence-electron chi connectivity index (χ3n) is 3.82. The van der Waals surface area contributed by atoms with Crippen molar-refractivity contribution in [2.45, 2.75) is 39.2 Å². The Morgan fingerprint density at radius 2 is 1.95 bits per heavy atom. The van der Waals surface area contributed by atoms with Gasteiger partial charge in [-0.3, -0.25) is 0 Å². The van der Waals surface area contributed by atoms with Gasteiger partial charge in [0.1, 0.15) is 0 Å². The van der Waals surface area contributed by atoms with Crippen molar-refractivity contribution < 1.29 is 4.74 Å². The van der Waals surface area contributed by atoms with E-state index >= 15 is 0 Å². The van der Waals surface area contributed by atoms with Gasteiger partial charge in [-0.2, -0.15) is 0 Å². The SMILES string of the molecule is CCN(CC)c1ccc(NCCC2CCCO2)cc1. The molecule has 0 amide bonds. The molecule has 0 spiro atoms. The zero-order valence-electron chi connectivity index (χ0n) is 12.2. The number of anilines is 2. The monoisotopic (exact) mass is 262 g/mol. The molecule has 1 saturated heterocycles. The van der Waals surface area contributed by atoms with Crippen LogP contribution in [-0.4, -0.2) is 32.3 Å². The van der Waals surface area contributed by atoms with E-state index in [-0.39, 0.29) is 0 Å². The van der Waals surface area contributed by atoms with Gasteiger partial charge in [-0.1, -0.05) is 0 Å². The third-order valence-corrected chi connectivity index (χ3v) is 3.82. The van der Waals surface area contributed by atoms with Crippen LogP contribution in [0.3, 0.4) is 0 Å². The topological polar surface area (TPSA) is 24.5 Å². The lowest BCUT2D eigenvalue weighted by atomic mass is 10.2. The van der Waals surface area contributed by atoms with Crippen molar-refractivity contribution in [3.8, 4) is 0 Å². The molecule has 1 heterocycles. The first-order valence-electron chi connectivity index (χ1n) is 7.54. The summed E-state index contributed by atoms with van der Waals surface area (Å²) >= 11 is 0. The van der Waals surface area contributed by atoms with Crippen molar-refractivity contribution in [1.29, 1.82) is 0 Å². The molecule has 106 valence electrons. The number of rotatable bonds is 7. The Kier molecular flexibility index (Phi) is 5.52. The molecule has 0 radical (unpaired) electrons. The molecule has 1 N–H and O–H groups in total. The number of hydrogen-bond donors (Lipinski definition) is 1. The van der Waals surface area contributed by atoms with Gasteiger partial charge < -0.3 is 15.0 Å². The molecule has 3 nitrogen and oxygen atoms in total. The Bertz CT molecular complexity index is 354. The summed E-state index contributed by atoms with van der Waals surface area (Å²) in [5, 5.41) is 3.48. The summed E-state index contributed by atoms with van der Waals surface area (Å²) in [4.78, 5) is 2.36. The van der Waals surface area contributed by atoms with Crippen LogP contribution in [0.5, 0.6) is 0 Å². The van der Waals surface area contributed by atoms with E-state index < -0.39 is 0 Å². The first-order chi connectivity index (χ1) is 9.33. The molecule has 0 aromatic heterocycles. The molecule has 1 aliphatic rings. The summed E-state index contributed by atoms with van der Waals surface area (Å²) in [5.74, 6) is 0. The first kappa shape index (κ1) is 14.2. The van der Waals surface area contributed by atoms with Crippen LogP contribution in [0.2, 0.25) is 0 Å². The minimum atomic E-state index is 0.474. The van der Waals surface area contributed by atoms with Crippen molar-refractivity contribution in [2.75, 3.05) is 36.5 Å². The van der Waals surface area contributed by atoms with Crippen molar-refractivity contribution in [3.63, 3.8) is 0 Å². The van der Waals surface area contributed by atoms with Gasteiger partial charge >= 0.3 is 0 Å². The van der Waals surface area contributed by atoms with Crippen LogP contribution in [0.15, 0.2) is 24.3 Å². The van der Waals surface area contributed by atoms with Gasteiger partial charge in [-0.15, -0.1) is 0 Å². The van der Waals surface area contributed by atoms with E-state index in [0.717, 1.165) is 32.7 Å². The maximum absolute atomic E-state index is 5.62. The van der Waals surface area contributed by atoms with Gasteiger partial charge in [0.25, 0.3) is 0 Å².